The van der Waals surface area contributed by atoms with Gasteiger partial charge in [0, 0.05) is 11.6 Å². The van der Waals surface area contributed by atoms with Crippen molar-refractivity contribution in [3.63, 3.8) is 0 Å². The molecule has 1 aromatic carbocycles. The van der Waals surface area contributed by atoms with Crippen molar-refractivity contribution in [2.24, 2.45) is 5.92 Å². The number of aryl methyl sites for hydroxylation is 1. The molecule has 0 bridgehead atoms. The summed E-state index contributed by atoms with van der Waals surface area (Å²) >= 11 is 0. The SMILES string of the molecule is Cc1cccc(C(=O)N[C@H](C(=O)OCC(=O)NC2CCCCC2)C(C)C)c1. The minimum Gasteiger partial charge on any atom is -0.454 e. The Morgan fingerprint density at radius 1 is 1.15 bits per heavy atom. The first-order valence-electron chi connectivity index (χ1n) is 9.70. The maximum Gasteiger partial charge on any atom is 0.329 e. The highest BCUT2D eigenvalue weighted by Crippen LogP contribution is 2.17. The van der Waals surface area contributed by atoms with Gasteiger partial charge in [0.25, 0.3) is 11.8 Å². The molecule has 0 saturated heterocycles. The zero-order valence-electron chi connectivity index (χ0n) is 16.4. The Kier molecular flexibility index (Phi) is 7.82. The van der Waals surface area contributed by atoms with Crippen LogP contribution in [0.5, 0.6) is 0 Å². The van der Waals surface area contributed by atoms with Crippen LogP contribution >= 0.6 is 0 Å². The third kappa shape index (κ3) is 6.70. The highest BCUT2D eigenvalue weighted by molar-refractivity contribution is 5.97. The lowest BCUT2D eigenvalue weighted by Crippen LogP contribution is -2.46. The van der Waals surface area contributed by atoms with Crippen LogP contribution in [-0.4, -0.2) is 36.5 Å². The molecule has 2 amide bonds. The minimum atomic E-state index is -0.805. The van der Waals surface area contributed by atoms with Crippen LogP contribution in [0.3, 0.4) is 0 Å². The standard InChI is InChI=1S/C21H30N2O4/c1-14(2)19(23-20(25)16-9-7-8-15(3)12-16)21(26)27-13-18(24)22-17-10-5-4-6-11-17/h7-9,12,14,17,19H,4-6,10-11,13H2,1-3H3,(H,22,24)(H,23,25)/t19-/m0/s1. The topological polar surface area (TPSA) is 84.5 Å². The van der Waals surface area contributed by atoms with Gasteiger partial charge in [-0.05, 0) is 37.8 Å². The Morgan fingerprint density at radius 3 is 2.48 bits per heavy atom. The number of esters is 1. The minimum absolute atomic E-state index is 0.160. The lowest BCUT2D eigenvalue weighted by molar-refractivity contribution is -0.151. The average Bonchev–Trinajstić information content (AvgIpc) is 2.64. The summed E-state index contributed by atoms with van der Waals surface area (Å²) in [6, 6.07) is 6.52. The number of hydrogen-bond donors (Lipinski definition) is 2. The summed E-state index contributed by atoms with van der Waals surface area (Å²) < 4.78 is 5.16. The molecule has 1 atom stereocenters. The number of ether oxygens (including phenoxy) is 1. The van der Waals surface area contributed by atoms with Gasteiger partial charge in [-0.3, -0.25) is 9.59 Å². The van der Waals surface area contributed by atoms with E-state index < -0.39 is 12.0 Å². The van der Waals surface area contributed by atoms with Gasteiger partial charge in [-0.1, -0.05) is 50.8 Å². The summed E-state index contributed by atoms with van der Waals surface area (Å²) in [5, 5.41) is 5.63. The average molecular weight is 374 g/mol. The number of benzene rings is 1. The van der Waals surface area contributed by atoms with Gasteiger partial charge in [0.1, 0.15) is 6.04 Å². The molecule has 148 valence electrons. The Hall–Kier alpha value is -2.37. The van der Waals surface area contributed by atoms with Crippen molar-refractivity contribution in [3.05, 3.63) is 35.4 Å². The van der Waals surface area contributed by atoms with Gasteiger partial charge in [-0.2, -0.15) is 0 Å². The van der Waals surface area contributed by atoms with Crippen molar-refractivity contribution in [2.45, 2.75) is 65.0 Å². The van der Waals surface area contributed by atoms with Gasteiger partial charge in [0.05, 0.1) is 0 Å². The molecule has 2 N–H and O–H groups in total. The second-order valence-electron chi connectivity index (χ2n) is 7.57. The molecule has 1 aromatic rings. The molecule has 6 nitrogen and oxygen atoms in total. The van der Waals surface area contributed by atoms with Gasteiger partial charge in [-0.15, -0.1) is 0 Å². The van der Waals surface area contributed by atoms with E-state index in [1.807, 2.05) is 26.8 Å². The first-order valence-corrected chi connectivity index (χ1v) is 9.70. The van der Waals surface area contributed by atoms with Gasteiger partial charge in [0.15, 0.2) is 6.61 Å². The van der Waals surface area contributed by atoms with Crippen molar-refractivity contribution < 1.29 is 19.1 Å². The van der Waals surface area contributed by atoms with Crippen LogP contribution in [0.4, 0.5) is 0 Å². The second kappa shape index (κ2) is 10.1. The fourth-order valence-electron chi connectivity index (χ4n) is 3.25. The molecule has 1 fully saturated rings. The van der Waals surface area contributed by atoms with Crippen molar-refractivity contribution >= 4 is 17.8 Å². The summed E-state index contributed by atoms with van der Waals surface area (Å²) in [5.41, 5.74) is 1.45. The van der Waals surface area contributed by atoms with E-state index >= 15 is 0 Å². The number of amides is 2. The molecule has 0 aromatic heterocycles. The predicted molar refractivity (Wildman–Crippen MR) is 103 cm³/mol. The number of rotatable bonds is 7. The van der Waals surface area contributed by atoms with Crippen molar-refractivity contribution in [1.82, 2.24) is 10.6 Å². The Bertz CT molecular complexity index is 666. The molecule has 27 heavy (non-hydrogen) atoms. The molecular weight excluding hydrogens is 344 g/mol. The Balaban J connectivity index is 1.86. The normalized spacial score (nSPS) is 15.9. The fourth-order valence-corrected chi connectivity index (χ4v) is 3.25. The first kappa shape index (κ1) is 20.9. The molecule has 6 heteroatoms. The van der Waals surface area contributed by atoms with Crippen LogP contribution in [-0.2, 0) is 14.3 Å². The number of carbonyl (C=O) groups excluding carboxylic acids is 3. The molecule has 0 heterocycles. The van der Waals surface area contributed by atoms with Gasteiger partial charge < -0.3 is 15.4 Å². The third-order valence-corrected chi connectivity index (χ3v) is 4.80. The molecule has 1 saturated carbocycles. The van der Waals surface area contributed by atoms with Crippen molar-refractivity contribution in [3.8, 4) is 0 Å². The van der Waals surface area contributed by atoms with Gasteiger partial charge in [0.2, 0.25) is 0 Å². The first-order chi connectivity index (χ1) is 12.9. The molecule has 0 unspecified atom stereocenters. The van der Waals surface area contributed by atoms with E-state index in [1.165, 1.54) is 6.42 Å². The third-order valence-electron chi connectivity index (χ3n) is 4.80. The largest absolute Gasteiger partial charge is 0.454 e. The van der Waals surface area contributed by atoms with Crippen LogP contribution in [0.2, 0.25) is 0 Å². The van der Waals surface area contributed by atoms with Crippen molar-refractivity contribution in [2.75, 3.05) is 6.61 Å². The summed E-state index contributed by atoms with van der Waals surface area (Å²) in [4.78, 5) is 36.8. The van der Waals surface area contributed by atoms with Gasteiger partial charge in [-0.25, -0.2) is 4.79 Å². The fraction of sp³-hybridized carbons (Fsp3) is 0.571. The van der Waals surface area contributed by atoms with E-state index in [2.05, 4.69) is 10.6 Å². The molecule has 0 radical (unpaired) electrons. The van der Waals surface area contributed by atoms with Crippen LogP contribution in [0.15, 0.2) is 24.3 Å². The summed E-state index contributed by atoms with van der Waals surface area (Å²) in [5.74, 6) is -1.37. The van der Waals surface area contributed by atoms with E-state index in [4.69, 9.17) is 4.74 Å². The monoisotopic (exact) mass is 374 g/mol. The number of carbonyl (C=O) groups is 3. The molecule has 1 aliphatic carbocycles. The molecular formula is C21H30N2O4. The van der Waals surface area contributed by atoms with Gasteiger partial charge >= 0.3 is 5.97 Å². The van der Waals surface area contributed by atoms with Crippen molar-refractivity contribution in [1.29, 1.82) is 0 Å². The molecule has 0 aliphatic heterocycles. The van der Waals surface area contributed by atoms with E-state index in [0.29, 0.717) is 5.56 Å². The van der Waals surface area contributed by atoms with E-state index in [1.54, 1.807) is 18.2 Å². The predicted octanol–water partition coefficient (Wildman–Crippen LogP) is 2.74. The highest BCUT2D eigenvalue weighted by Gasteiger charge is 2.27. The Labute approximate surface area is 161 Å². The second-order valence-corrected chi connectivity index (χ2v) is 7.57. The summed E-state index contributed by atoms with van der Waals surface area (Å²) in [6.45, 7) is 5.23. The lowest BCUT2D eigenvalue weighted by Gasteiger charge is -2.23. The maximum atomic E-state index is 12.4. The Morgan fingerprint density at radius 2 is 1.85 bits per heavy atom. The zero-order chi connectivity index (χ0) is 19.8. The van der Waals surface area contributed by atoms with E-state index in [0.717, 1.165) is 31.2 Å². The maximum absolute atomic E-state index is 12.4. The molecule has 2 rings (SSSR count). The van der Waals surface area contributed by atoms with Crippen LogP contribution < -0.4 is 10.6 Å². The quantitative estimate of drug-likeness (QED) is 0.719. The van der Waals surface area contributed by atoms with Crippen LogP contribution in [0.25, 0.3) is 0 Å². The zero-order valence-corrected chi connectivity index (χ0v) is 16.4. The van der Waals surface area contributed by atoms with E-state index in [-0.39, 0.29) is 30.4 Å². The summed E-state index contributed by atoms with van der Waals surface area (Å²) in [6.07, 6.45) is 5.38. The molecule has 1 aliphatic rings. The highest BCUT2D eigenvalue weighted by atomic mass is 16.5. The van der Waals surface area contributed by atoms with E-state index in [9.17, 15) is 14.4 Å². The summed E-state index contributed by atoms with van der Waals surface area (Å²) in [7, 11) is 0. The lowest BCUT2D eigenvalue weighted by atomic mass is 9.95. The smallest absolute Gasteiger partial charge is 0.329 e. The number of nitrogens with one attached hydrogen (secondary N) is 2. The van der Waals surface area contributed by atoms with Crippen LogP contribution in [0.1, 0.15) is 61.9 Å². The number of hydrogen-bond acceptors (Lipinski definition) is 4. The van der Waals surface area contributed by atoms with Crippen LogP contribution in [0, 0.1) is 12.8 Å². The molecule has 0 spiro atoms.